The molecule has 0 N–H and O–H groups in total. The topological polar surface area (TPSA) is 0 Å². The Morgan fingerprint density at radius 1 is 0.857 bits per heavy atom. The molecule has 0 saturated heterocycles. The first-order valence-electron chi connectivity index (χ1n) is 2.82. The molecule has 0 atom stereocenters. The van der Waals surface area contributed by atoms with Gasteiger partial charge < -0.3 is 6.42 Å². The maximum Gasteiger partial charge on any atom is 1.00 e. The minimum absolute atomic E-state index is 0. The molecule has 1 aliphatic rings. The van der Waals surface area contributed by atoms with Gasteiger partial charge in [-0.25, -0.2) is 0 Å². The van der Waals surface area contributed by atoms with Gasteiger partial charge in [0.1, 0.15) is 0 Å². The molecular weight excluding hydrogens is 158 g/mol. The Kier molecular flexibility index (Phi) is 7.46. The van der Waals surface area contributed by atoms with Gasteiger partial charge in [0.25, 0.3) is 0 Å². The molecule has 0 heterocycles. The van der Waals surface area contributed by atoms with E-state index in [0.29, 0.717) is 0 Å². The maximum absolute atomic E-state index is 2.39. The van der Waals surface area contributed by atoms with Crippen molar-refractivity contribution in [2.75, 3.05) is 0 Å². The van der Waals surface area contributed by atoms with Crippen LogP contribution < -0.4 is 58.2 Å². The summed E-state index contributed by atoms with van der Waals surface area (Å²) in [6, 6.07) is 0. The van der Waals surface area contributed by atoms with Gasteiger partial charge in [-0.2, -0.15) is 12.8 Å². The van der Waals surface area contributed by atoms with Crippen LogP contribution in [0.25, 0.3) is 0 Å². The molecule has 36 valence electrons. The second-order valence-electron chi connectivity index (χ2n) is 1.93. The zero-order chi connectivity index (χ0) is 4.24. The number of rotatable bonds is 0. The zero-order valence-corrected chi connectivity index (χ0v) is 10.0. The third kappa shape index (κ3) is 4.32. The maximum atomic E-state index is 2.39. The Balaban J connectivity index is 0.000000360. The van der Waals surface area contributed by atoms with Crippen LogP contribution in [0.5, 0.6) is 0 Å². The van der Waals surface area contributed by atoms with Gasteiger partial charge in [-0.15, -0.1) is 0 Å². The molecule has 0 nitrogen and oxygen atoms in total. The minimum Gasteiger partial charge on any atom is -0.328 e. The van der Waals surface area contributed by atoms with E-state index in [1.54, 1.807) is 0 Å². The zero-order valence-electron chi connectivity index (χ0n) is 5.11. The molecule has 0 aromatic rings. The minimum atomic E-state index is 0. The van der Waals surface area contributed by atoms with Crippen LogP contribution in [0.3, 0.4) is 0 Å². The van der Waals surface area contributed by atoms with Crippen LogP contribution in [0.4, 0.5) is 0 Å². The standard InChI is InChI=1S/C6H11.Rb/c1-2-4-6-5-3-1;/h1H,2-6H2;/q-1;+1. The van der Waals surface area contributed by atoms with E-state index in [9.17, 15) is 0 Å². The summed E-state index contributed by atoms with van der Waals surface area (Å²) >= 11 is 0. The van der Waals surface area contributed by atoms with Crippen molar-refractivity contribution in [1.29, 1.82) is 0 Å². The van der Waals surface area contributed by atoms with Gasteiger partial charge in [0.15, 0.2) is 0 Å². The Labute approximate surface area is 94.9 Å². The van der Waals surface area contributed by atoms with E-state index in [1.807, 2.05) is 0 Å². The molecule has 1 heteroatoms. The van der Waals surface area contributed by atoms with Crippen molar-refractivity contribution in [1.82, 2.24) is 0 Å². The fraction of sp³-hybridized carbons (Fsp3) is 0.833. The van der Waals surface area contributed by atoms with Crippen molar-refractivity contribution in [3.05, 3.63) is 6.42 Å². The Morgan fingerprint density at radius 2 is 1.43 bits per heavy atom. The quantitative estimate of drug-likeness (QED) is 0.414. The molecule has 0 aromatic heterocycles. The van der Waals surface area contributed by atoms with Gasteiger partial charge in [0.05, 0.1) is 0 Å². The molecular formula is C6H11Rb. The average molecular weight is 169 g/mol. The SMILES string of the molecule is [CH-]1CCCCC1.[Rb+]. The van der Waals surface area contributed by atoms with Gasteiger partial charge in [-0.05, 0) is 0 Å². The first-order chi connectivity index (χ1) is 3.00. The van der Waals surface area contributed by atoms with Crippen LogP contribution in [0.1, 0.15) is 32.1 Å². The largest absolute Gasteiger partial charge is 1.00 e. The average Bonchev–Trinajstić information content (AvgIpc) is 1.72. The third-order valence-electron chi connectivity index (χ3n) is 1.32. The van der Waals surface area contributed by atoms with E-state index in [1.165, 1.54) is 32.1 Å². The summed E-state index contributed by atoms with van der Waals surface area (Å²) in [4.78, 5) is 0. The Hall–Kier alpha value is 1.81. The van der Waals surface area contributed by atoms with Crippen molar-refractivity contribution in [3.63, 3.8) is 0 Å². The van der Waals surface area contributed by atoms with Gasteiger partial charge in [0.2, 0.25) is 0 Å². The van der Waals surface area contributed by atoms with Crippen LogP contribution in [-0.4, -0.2) is 0 Å². The molecule has 0 unspecified atom stereocenters. The molecule has 0 spiro atoms. The van der Waals surface area contributed by atoms with Crippen molar-refractivity contribution in [3.8, 4) is 0 Å². The Morgan fingerprint density at radius 3 is 1.57 bits per heavy atom. The summed E-state index contributed by atoms with van der Waals surface area (Å²) in [5.41, 5.74) is 0. The van der Waals surface area contributed by atoms with E-state index < -0.39 is 0 Å². The first kappa shape index (κ1) is 8.81. The smallest absolute Gasteiger partial charge is 0.328 e. The monoisotopic (exact) mass is 168 g/mol. The summed E-state index contributed by atoms with van der Waals surface area (Å²) in [6.07, 6.45) is 9.50. The first-order valence-corrected chi connectivity index (χ1v) is 2.82. The van der Waals surface area contributed by atoms with E-state index >= 15 is 0 Å². The second-order valence-corrected chi connectivity index (χ2v) is 1.93. The van der Waals surface area contributed by atoms with Gasteiger partial charge in [0, 0.05) is 0 Å². The van der Waals surface area contributed by atoms with Crippen molar-refractivity contribution >= 4 is 0 Å². The van der Waals surface area contributed by atoms with Crippen molar-refractivity contribution in [2.45, 2.75) is 32.1 Å². The molecule has 0 radical (unpaired) electrons. The summed E-state index contributed by atoms with van der Waals surface area (Å²) in [5, 5.41) is 0. The molecule has 0 amide bonds. The summed E-state index contributed by atoms with van der Waals surface area (Å²) < 4.78 is 0. The number of hydrogen-bond acceptors (Lipinski definition) is 0. The molecule has 1 fully saturated rings. The van der Waals surface area contributed by atoms with Crippen LogP contribution in [0, 0.1) is 6.42 Å². The molecule has 7 heavy (non-hydrogen) atoms. The predicted molar refractivity (Wildman–Crippen MR) is 27.4 cm³/mol. The normalized spacial score (nSPS) is 20.6. The number of hydrogen-bond donors (Lipinski definition) is 0. The van der Waals surface area contributed by atoms with Crippen LogP contribution in [-0.2, 0) is 0 Å². The van der Waals surface area contributed by atoms with Crippen LogP contribution in [0.2, 0.25) is 0 Å². The van der Waals surface area contributed by atoms with Gasteiger partial charge in [-0.1, -0.05) is 19.3 Å². The van der Waals surface area contributed by atoms with Crippen LogP contribution >= 0.6 is 0 Å². The van der Waals surface area contributed by atoms with E-state index in [0.717, 1.165) is 0 Å². The van der Waals surface area contributed by atoms with E-state index in [-0.39, 0.29) is 58.2 Å². The van der Waals surface area contributed by atoms with Crippen molar-refractivity contribution < 1.29 is 58.2 Å². The fourth-order valence-electron chi connectivity index (χ4n) is 0.898. The van der Waals surface area contributed by atoms with Crippen LogP contribution in [0.15, 0.2) is 0 Å². The van der Waals surface area contributed by atoms with Gasteiger partial charge >= 0.3 is 58.2 Å². The molecule has 0 aliphatic heterocycles. The molecule has 1 rings (SSSR count). The predicted octanol–water partition coefficient (Wildman–Crippen LogP) is -0.841. The van der Waals surface area contributed by atoms with E-state index in [2.05, 4.69) is 6.42 Å². The Bertz CT molecular complexity index is 19.7. The summed E-state index contributed by atoms with van der Waals surface area (Å²) in [7, 11) is 0. The molecule has 1 saturated carbocycles. The van der Waals surface area contributed by atoms with Gasteiger partial charge in [-0.3, -0.25) is 0 Å². The summed E-state index contributed by atoms with van der Waals surface area (Å²) in [6.45, 7) is 0. The van der Waals surface area contributed by atoms with E-state index in [4.69, 9.17) is 0 Å². The third-order valence-corrected chi connectivity index (χ3v) is 1.32. The molecule has 0 aromatic carbocycles. The second kappa shape index (κ2) is 5.93. The summed E-state index contributed by atoms with van der Waals surface area (Å²) in [5.74, 6) is 0. The molecule has 1 aliphatic carbocycles. The fourth-order valence-corrected chi connectivity index (χ4v) is 0.898. The molecule has 0 bridgehead atoms. The van der Waals surface area contributed by atoms with Crippen molar-refractivity contribution in [2.24, 2.45) is 0 Å².